The third-order valence-corrected chi connectivity index (χ3v) is 5.65. The summed E-state index contributed by atoms with van der Waals surface area (Å²) in [7, 11) is -3.66. The number of carbonyl (C=O) groups is 2. The predicted molar refractivity (Wildman–Crippen MR) is 107 cm³/mol. The van der Waals surface area contributed by atoms with Gasteiger partial charge in [-0.25, -0.2) is 13.1 Å². The van der Waals surface area contributed by atoms with Gasteiger partial charge in [0.1, 0.15) is 0 Å². The van der Waals surface area contributed by atoms with Crippen LogP contribution in [0.15, 0.2) is 66.1 Å². The van der Waals surface area contributed by atoms with Gasteiger partial charge in [-0.2, -0.15) is 0 Å². The second-order valence-corrected chi connectivity index (χ2v) is 8.14. The summed E-state index contributed by atoms with van der Waals surface area (Å²) in [5.41, 5.74) is 0.815. The average Bonchev–Trinajstić information content (AvgIpc) is 3.50. The molecule has 0 aromatic heterocycles. The van der Waals surface area contributed by atoms with Gasteiger partial charge in [0, 0.05) is 18.2 Å². The van der Waals surface area contributed by atoms with Gasteiger partial charge >= 0.3 is 0 Å². The molecule has 3 N–H and O–H groups in total. The number of benzene rings is 2. The quantitative estimate of drug-likeness (QED) is 0.593. The Morgan fingerprint density at radius 3 is 2.54 bits per heavy atom. The third kappa shape index (κ3) is 4.85. The van der Waals surface area contributed by atoms with Crippen LogP contribution in [0.4, 0.5) is 5.69 Å². The van der Waals surface area contributed by atoms with Crippen molar-refractivity contribution in [2.45, 2.75) is 23.8 Å². The molecule has 2 aromatic rings. The van der Waals surface area contributed by atoms with Crippen molar-refractivity contribution in [3.8, 4) is 0 Å². The van der Waals surface area contributed by atoms with E-state index in [1.165, 1.54) is 24.3 Å². The maximum atomic E-state index is 12.6. The fourth-order valence-corrected chi connectivity index (χ4v) is 3.89. The molecule has 0 spiro atoms. The molecule has 0 atom stereocenters. The van der Waals surface area contributed by atoms with E-state index >= 15 is 0 Å². The highest BCUT2D eigenvalue weighted by Crippen LogP contribution is 2.23. The first-order valence-electron chi connectivity index (χ1n) is 8.82. The monoisotopic (exact) mass is 399 g/mol. The van der Waals surface area contributed by atoms with Gasteiger partial charge < -0.3 is 10.6 Å². The minimum absolute atomic E-state index is 0.0246. The van der Waals surface area contributed by atoms with Crippen LogP contribution in [0.5, 0.6) is 0 Å². The Kier molecular flexibility index (Phi) is 5.91. The molecule has 28 heavy (non-hydrogen) atoms. The van der Waals surface area contributed by atoms with E-state index in [9.17, 15) is 18.0 Å². The third-order valence-electron chi connectivity index (χ3n) is 4.13. The van der Waals surface area contributed by atoms with Crippen LogP contribution in [0, 0.1) is 0 Å². The standard InChI is InChI=1S/C20H21N3O4S/c1-2-12-21-20(25)17-8-3-4-9-18(17)22-19(24)14-6-5-7-16(13-14)28(26,27)23-15-10-11-15/h2-9,13,15,23H,1,10-12H2,(H,21,25)(H,22,24). The second-order valence-electron chi connectivity index (χ2n) is 6.42. The smallest absolute Gasteiger partial charge is 0.255 e. The lowest BCUT2D eigenvalue weighted by Crippen LogP contribution is -2.26. The van der Waals surface area contributed by atoms with Gasteiger partial charge in [-0.15, -0.1) is 6.58 Å². The van der Waals surface area contributed by atoms with Gasteiger partial charge in [-0.3, -0.25) is 9.59 Å². The Balaban J connectivity index is 1.80. The summed E-state index contributed by atoms with van der Waals surface area (Å²) < 4.78 is 27.3. The Morgan fingerprint density at radius 1 is 1.07 bits per heavy atom. The number of hydrogen-bond acceptors (Lipinski definition) is 4. The first-order valence-corrected chi connectivity index (χ1v) is 10.3. The van der Waals surface area contributed by atoms with Gasteiger partial charge in [-0.1, -0.05) is 24.3 Å². The Bertz CT molecular complexity index is 1010. The topological polar surface area (TPSA) is 104 Å². The minimum atomic E-state index is -3.66. The first-order chi connectivity index (χ1) is 13.4. The molecule has 3 rings (SSSR count). The lowest BCUT2D eigenvalue weighted by atomic mass is 10.1. The van der Waals surface area contributed by atoms with E-state index in [1.54, 1.807) is 30.3 Å². The van der Waals surface area contributed by atoms with Crippen molar-refractivity contribution in [3.63, 3.8) is 0 Å². The summed E-state index contributed by atoms with van der Waals surface area (Å²) in [4.78, 5) is 24.9. The molecule has 0 radical (unpaired) electrons. The Morgan fingerprint density at radius 2 is 1.82 bits per heavy atom. The summed E-state index contributed by atoms with van der Waals surface area (Å²) in [6, 6.07) is 12.4. The molecule has 1 saturated carbocycles. The highest BCUT2D eigenvalue weighted by Gasteiger charge is 2.28. The zero-order valence-electron chi connectivity index (χ0n) is 15.1. The SMILES string of the molecule is C=CCNC(=O)c1ccccc1NC(=O)c1cccc(S(=O)(=O)NC2CC2)c1. The van der Waals surface area contributed by atoms with Crippen LogP contribution >= 0.6 is 0 Å². The zero-order valence-corrected chi connectivity index (χ0v) is 16.0. The molecule has 8 heteroatoms. The van der Waals surface area contributed by atoms with Crippen molar-refractivity contribution < 1.29 is 18.0 Å². The second kappa shape index (κ2) is 8.37. The molecule has 2 amide bonds. The summed E-state index contributed by atoms with van der Waals surface area (Å²) in [6.07, 6.45) is 3.20. The number of para-hydroxylation sites is 1. The molecule has 0 aliphatic heterocycles. The average molecular weight is 399 g/mol. The fourth-order valence-electron chi connectivity index (χ4n) is 2.54. The number of sulfonamides is 1. The Labute approximate surface area is 163 Å². The van der Waals surface area contributed by atoms with E-state index in [2.05, 4.69) is 21.9 Å². The van der Waals surface area contributed by atoms with Crippen LogP contribution in [0.2, 0.25) is 0 Å². The van der Waals surface area contributed by atoms with Crippen molar-refractivity contribution >= 4 is 27.5 Å². The molecule has 1 aliphatic rings. The van der Waals surface area contributed by atoms with Gasteiger partial charge in [0.2, 0.25) is 10.0 Å². The molecule has 0 unspecified atom stereocenters. The summed E-state index contributed by atoms with van der Waals surface area (Å²) in [6.45, 7) is 3.85. The van der Waals surface area contributed by atoms with Gasteiger partial charge in [0.05, 0.1) is 16.1 Å². The molecule has 7 nitrogen and oxygen atoms in total. The summed E-state index contributed by atoms with van der Waals surface area (Å²) >= 11 is 0. The molecule has 1 aliphatic carbocycles. The highest BCUT2D eigenvalue weighted by atomic mass is 32.2. The van der Waals surface area contributed by atoms with Crippen molar-refractivity contribution in [1.29, 1.82) is 0 Å². The number of hydrogen-bond donors (Lipinski definition) is 3. The molecule has 2 aromatic carbocycles. The molecular formula is C20H21N3O4S. The number of carbonyl (C=O) groups excluding carboxylic acids is 2. The van der Waals surface area contributed by atoms with Crippen molar-refractivity contribution in [3.05, 3.63) is 72.3 Å². The molecule has 0 heterocycles. The zero-order chi connectivity index (χ0) is 20.1. The molecular weight excluding hydrogens is 378 g/mol. The maximum absolute atomic E-state index is 12.6. The number of rotatable bonds is 8. The maximum Gasteiger partial charge on any atom is 0.255 e. The van der Waals surface area contributed by atoms with Gasteiger partial charge in [-0.05, 0) is 43.2 Å². The van der Waals surface area contributed by atoms with Crippen LogP contribution in [-0.2, 0) is 10.0 Å². The van der Waals surface area contributed by atoms with Crippen LogP contribution in [0.1, 0.15) is 33.6 Å². The highest BCUT2D eigenvalue weighted by molar-refractivity contribution is 7.89. The normalized spacial score (nSPS) is 13.6. The number of amides is 2. The van der Waals surface area contributed by atoms with E-state index in [0.29, 0.717) is 17.8 Å². The van der Waals surface area contributed by atoms with E-state index in [1.807, 2.05) is 0 Å². The van der Waals surface area contributed by atoms with Crippen LogP contribution < -0.4 is 15.4 Å². The molecule has 146 valence electrons. The van der Waals surface area contributed by atoms with Gasteiger partial charge in [0.25, 0.3) is 11.8 Å². The molecule has 0 saturated heterocycles. The fraction of sp³-hybridized carbons (Fsp3) is 0.200. The first kappa shape index (κ1) is 19.8. The van der Waals surface area contributed by atoms with Crippen molar-refractivity contribution in [2.75, 3.05) is 11.9 Å². The lowest BCUT2D eigenvalue weighted by molar-refractivity contribution is 0.0959. The van der Waals surface area contributed by atoms with E-state index in [-0.39, 0.29) is 22.4 Å². The summed E-state index contributed by atoms with van der Waals surface area (Å²) in [5.74, 6) is -0.854. The van der Waals surface area contributed by atoms with Gasteiger partial charge in [0.15, 0.2) is 0 Å². The van der Waals surface area contributed by atoms with Crippen molar-refractivity contribution in [2.24, 2.45) is 0 Å². The molecule has 0 bridgehead atoms. The van der Waals surface area contributed by atoms with Crippen LogP contribution in [-0.4, -0.2) is 32.8 Å². The van der Waals surface area contributed by atoms with Crippen LogP contribution in [0.3, 0.4) is 0 Å². The van der Waals surface area contributed by atoms with Crippen molar-refractivity contribution in [1.82, 2.24) is 10.0 Å². The molecule has 1 fully saturated rings. The van der Waals surface area contributed by atoms with E-state index in [4.69, 9.17) is 0 Å². The van der Waals surface area contributed by atoms with E-state index < -0.39 is 15.9 Å². The minimum Gasteiger partial charge on any atom is -0.349 e. The summed E-state index contributed by atoms with van der Waals surface area (Å²) in [5, 5.41) is 5.33. The number of nitrogens with one attached hydrogen (secondary N) is 3. The predicted octanol–water partition coefficient (Wildman–Crippen LogP) is 2.30. The Hall–Kier alpha value is -2.97. The lowest BCUT2D eigenvalue weighted by Gasteiger charge is -2.12. The van der Waals surface area contributed by atoms with E-state index in [0.717, 1.165) is 12.8 Å². The number of anilines is 1. The largest absolute Gasteiger partial charge is 0.349 e. The van der Waals surface area contributed by atoms with Crippen LogP contribution in [0.25, 0.3) is 0 Å².